The number of carbonyl (C=O) groups is 1. The molecule has 2 aromatic heterocycles. The van der Waals surface area contributed by atoms with Gasteiger partial charge < -0.3 is 25.6 Å². The van der Waals surface area contributed by atoms with E-state index in [4.69, 9.17) is 31.5 Å². The van der Waals surface area contributed by atoms with E-state index < -0.39 is 44.2 Å². The van der Waals surface area contributed by atoms with Crippen LogP contribution in [0.25, 0.3) is 11.2 Å². The van der Waals surface area contributed by atoms with E-state index in [9.17, 15) is 14.3 Å². The van der Waals surface area contributed by atoms with Crippen molar-refractivity contribution in [1.29, 1.82) is 0 Å². The number of esters is 1. The van der Waals surface area contributed by atoms with Gasteiger partial charge in [-0.2, -0.15) is 9.97 Å². The summed E-state index contributed by atoms with van der Waals surface area (Å²) in [5.41, 5.74) is 6.71. The molecule has 0 aliphatic carbocycles. The van der Waals surface area contributed by atoms with Crippen molar-refractivity contribution >= 4 is 47.8 Å². The molecule has 0 spiro atoms. The number of nitrogen functional groups attached to an aromatic ring is 1. The number of alkyl halides is 1. The molecule has 2 aromatic rings. The van der Waals surface area contributed by atoms with Gasteiger partial charge in [0, 0.05) is 7.05 Å². The number of aliphatic hydroxyl groups is 1. The van der Waals surface area contributed by atoms with Crippen molar-refractivity contribution in [3.05, 3.63) is 6.33 Å². The molecule has 5 atom stereocenters. The predicted octanol–water partition coefficient (Wildman–Crippen LogP) is 1.79. The zero-order valence-electron chi connectivity index (χ0n) is 19.8. The van der Waals surface area contributed by atoms with Gasteiger partial charge in [-0.3, -0.25) is 9.36 Å². The minimum atomic E-state index is -1.70. The van der Waals surface area contributed by atoms with Gasteiger partial charge in [-0.25, -0.2) is 9.37 Å². The van der Waals surface area contributed by atoms with Crippen molar-refractivity contribution in [1.82, 2.24) is 24.6 Å². The Morgan fingerprint density at radius 3 is 2.68 bits per heavy atom. The van der Waals surface area contributed by atoms with E-state index in [0.717, 1.165) is 0 Å². The van der Waals surface area contributed by atoms with E-state index in [2.05, 4.69) is 25.4 Å². The second-order valence-corrected chi connectivity index (χ2v) is 9.68. The summed E-state index contributed by atoms with van der Waals surface area (Å²) in [6.45, 7) is 5.68. The lowest BCUT2D eigenvalue weighted by Crippen LogP contribution is -2.37. The quantitative estimate of drug-likeness (QED) is 0.212. The first kappa shape index (κ1) is 28.1. The Balaban J connectivity index is 2.12. The van der Waals surface area contributed by atoms with Gasteiger partial charge >= 0.3 is 13.0 Å². The predicted molar refractivity (Wildman–Crippen MR) is 130 cm³/mol. The number of aliphatic hydroxyl groups excluding tert-OH is 1. The Labute approximate surface area is 203 Å². The number of hydrogen-bond acceptors (Lipinski definition) is 11. The summed E-state index contributed by atoms with van der Waals surface area (Å²) in [5.74, 6) is 0.0329. The fraction of sp³-hybridized carbons (Fsp3) is 0.684. The maximum Gasteiger partial charge on any atom is 0.440 e. The summed E-state index contributed by atoms with van der Waals surface area (Å²) < 4.78 is 31.7. The van der Waals surface area contributed by atoms with Crippen molar-refractivity contribution in [3.63, 3.8) is 0 Å². The van der Waals surface area contributed by atoms with Crippen LogP contribution in [-0.2, 0) is 30.6 Å². The van der Waals surface area contributed by atoms with E-state index in [-0.39, 0.29) is 18.7 Å². The number of rotatable bonds is 14. The molecule has 0 radical (unpaired) electrons. The molecule has 1 unspecified atom stereocenters. The van der Waals surface area contributed by atoms with Gasteiger partial charge in [-0.15, -0.1) is 4.52 Å². The summed E-state index contributed by atoms with van der Waals surface area (Å²) in [5, 5.41) is 15.9. The largest absolute Gasteiger partial charge is 0.462 e. The molecule has 0 fully saturated rings. The van der Waals surface area contributed by atoms with Crippen LogP contribution in [-0.4, -0.2) is 75.3 Å². The van der Waals surface area contributed by atoms with Gasteiger partial charge in [0.1, 0.15) is 37.8 Å². The van der Waals surface area contributed by atoms with E-state index in [1.54, 1.807) is 32.4 Å². The van der Waals surface area contributed by atoms with Crippen LogP contribution in [0.15, 0.2) is 6.33 Å². The van der Waals surface area contributed by atoms with Crippen LogP contribution in [0.1, 0.15) is 40.3 Å². The first-order chi connectivity index (χ1) is 16.1. The molecule has 0 aliphatic heterocycles. The normalized spacial score (nSPS) is 15.7. The fourth-order valence-corrected chi connectivity index (χ4v) is 4.38. The number of nitrogens with one attached hydrogen (secondary N) is 2. The number of ether oxygens (including phenoxy) is 2. The van der Waals surface area contributed by atoms with Gasteiger partial charge in [0.25, 0.3) is 0 Å². The Hall–Kier alpha value is -2.09. The molecule has 0 saturated heterocycles. The number of nitrogens with two attached hydrogens (primary N) is 1. The maximum absolute atomic E-state index is 13.4. The highest BCUT2D eigenvalue weighted by Crippen LogP contribution is 2.27. The van der Waals surface area contributed by atoms with Gasteiger partial charge in [0.15, 0.2) is 17.0 Å². The number of halogens is 1. The van der Waals surface area contributed by atoms with Crippen LogP contribution in [0.3, 0.4) is 0 Å². The lowest BCUT2D eigenvalue weighted by molar-refractivity contribution is -0.148. The summed E-state index contributed by atoms with van der Waals surface area (Å²) in [4.78, 5) is 24.6. The Morgan fingerprint density at radius 2 is 2.09 bits per heavy atom. The molecule has 12 nitrogen and oxygen atoms in total. The third-order valence-electron chi connectivity index (χ3n) is 4.61. The van der Waals surface area contributed by atoms with Crippen LogP contribution in [0.4, 0.5) is 16.2 Å². The monoisotopic (exact) mass is 520 g/mol. The van der Waals surface area contributed by atoms with Crippen molar-refractivity contribution in [2.75, 3.05) is 31.4 Å². The molecular weight excluding hydrogens is 488 g/mol. The standard InChI is InChI=1S/C19H32FN7O5PS/c1-6-14(27-9-23-15-16(22-5)24-19(21)25-17(15)27)32-13(12(28)7-20)8-30-33(34)26-11(4)18(29)31-10(2)3/h9-14,28H,6-8H2,1-5H3,(H,26,34)(H3,21,22,24,25)/q+1/t11-,12+,13-,14-/m1/s1. The minimum Gasteiger partial charge on any atom is -0.462 e. The van der Waals surface area contributed by atoms with E-state index in [1.165, 1.54) is 6.33 Å². The maximum atomic E-state index is 13.4. The third-order valence-corrected chi connectivity index (χ3v) is 6.23. The number of anilines is 2. The van der Waals surface area contributed by atoms with Crippen LogP contribution < -0.4 is 16.1 Å². The SMILES string of the molecule is CC[C@@H](O[C@H](CO[P+](=S)N[C@H](C)C(=O)OC(C)C)[C@@H](O)CF)n1cnc2c(NC)nc(N)nc21. The molecule has 0 amide bonds. The molecule has 0 aliphatic rings. The molecule has 34 heavy (non-hydrogen) atoms. The number of imidazole rings is 1. The lowest BCUT2D eigenvalue weighted by atomic mass is 10.2. The lowest BCUT2D eigenvalue weighted by Gasteiger charge is -2.26. The molecule has 0 aromatic carbocycles. The Kier molecular flexibility index (Phi) is 10.9. The fourth-order valence-electron chi connectivity index (χ4n) is 2.94. The Morgan fingerprint density at radius 1 is 1.38 bits per heavy atom. The van der Waals surface area contributed by atoms with Gasteiger partial charge in [-0.1, -0.05) is 12.0 Å². The van der Waals surface area contributed by atoms with Crippen LogP contribution in [0.2, 0.25) is 0 Å². The minimum absolute atomic E-state index is 0.0464. The van der Waals surface area contributed by atoms with Crippen molar-refractivity contribution < 1.29 is 28.3 Å². The second kappa shape index (κ2) is 13.1. The van der Waals surface area contributed by atoms with Crippen LogP contribution >= 0.6 is 7.07 Å². The highest BCUT2D eigenvalue weighted by molar-refractivity contribution is 8.02. The highest BCUT2D eigenvalue weighted by Gasteiger charge is 2.31. The molecule has 5 N–H and O–H groups in total. The smallest absolute Gasteiger partial charge is 0.440 e. The molecule has 15 heteroatoms. The van der Waals surface area contributed by atoms with Crippen molar-refractivity contribution in [2.45, 2.75) is 64.7 Å². The van der Waals surface area contributed by atoms with E-state index >= 15 is 0 Å². The number of hydrogen-bond donors (Lipinski definition) is 4. The first-order valence-corrected chi connectivity index (χ1v) is 13.0. The van der Waals surface area contributed by atoms with Crippen LogP contribution in [0.5, 0.6) is 0 Å². The number of fused-ring (bicyclic) bond motifs is 1. The average molecular weight is 521 g/mol. The third kappa shape index (κ3) is 7.45. The summed E-state index contributed by atoms with van der Waals surface area (Å²) >= 11 is 5.25. The summed E-state index contributed by atoms with van der Waals surface area (Å²) in [7, 11) is -0.0148. The number of carbonyl (C=O) groups excluding carboxylic acids is 1. The molecule has 2 rings (SSSR count). The first-order valence-electron chi connectivity index (χ1n) is 10.7. The topological polar surface area (TPSA) is 159 Å². The highest BCUT2D eigenvalue weighted by atomic mass is 32.4. The van der Waals surface area contributed by atoms with E-state index in [0.29, 0.717) is 23.4 Å². The molecular formula is C19H32FN7O5PS+. The second-order valence-electron chi connectivity index (χ2n) is 7.65. The summed E-state index contributed by atoms with van der Waals surface area (Å²) in [6.07, 6.45) is -1.48. The van der Waals surface area contributed by atoms with Gasteiger partial charge in [0.05, 0.1) is 12.4 Å². The number of nitrogens with zero attached hydrogens (tertiary/aromatic N) is 4. The van der Waals surface area contributed by atoms with Crippen LogP contribution in [0, 0.1) is 0 Å². The molecule has 190 valence electrons. The number of aromatic nitrogens is 4. The molecule has 0 bridgehead atoms. The van der Waals surface area contributed by atoms with Crippen molar-refractivity contribution in [2.24, 2.45) is 0 Å². The summed E-state index contributed by atoms with van der Waals surface area (Å²) in [6, 6.07) is -0.691. The molecule has 0 saturated carbocycles. The average Bonchev–Trinajstić information content (AvgIpc) is 3.21. The van der Waals surface area contributed by atoms with Gasteiger partial charge in [0.2, 0.25) is 17.8 Å². The molecule has 2 heterocycles. The van der Waals surface area contributed by atoms with Crippen molar-refractivity contribution in [3.8, 4) is 0 Å². The zero-order valence-corrected chi connectivity index (χ0v) is 21.5. The van der Waals surface area contributed by atoms with Gasteiger partial charge in [-0.05, 0) is 27.2 Å². The van der Waals surface area contributed by atoms with E-state index in [1.807, 2.05) is 6.92 Å². The zero-order chi connectivity index (χ0) is 25.4. The Bertz CT molecular complexity index is 982.